The van der Waals surface area contributed by atoms with Crippen LogP contribution in [0.5, 0.6) is 0 Å². The first-order valence-corrected chi connectivity index (χ1v) is 6.45. The summed E-state index contributed by atoms with van der Waals surface area (Å²) in [5, 5.41) is 0. The molecule has 0 radical (unpaired) electrons. The van der Waals surface area contributed by atoms with Gasteiger partial charge in [-0.3, -0.25) is 0 Å². The van der Waals surface area contributed by atoms with Crippen molar-refractivity contribution in [3.05, 3.63) is 35.9 Å². The summed E-state index contributed by atoms with van der Waals surface area (Å²) in [4.78, 5) is 0. The average Bonchev–Trinajstić information content (AvgIpc) is 2.28. The highest BCUT2D eigenvalue weighted by Gasteiger charge is 2.25. The molecule has 0 amide bonds. The Labute approximate surface area is 99.5 Å². The number of unbranched alkanes of at least 4 members (excludes halogenated alkanes) is 1. The van der Waals surface area contributed by atoms with Crippen LogP contribution < -0.4 is 0 Å². The van der Waals surface area contributed by atoms with Gasteiger partial charge in [-0.05, 0) is 18.4 Å². The smallest absolute Gasteiger partial charge is 0.0378 e. The Bertz CT molecular complexity index is 268. The van der Waals surface area contributed by atoms with E-state index in [4.69, 9.17) is 12.6 Å². The molecule has 0 heterocycles. The monoisotopic (exact) mass is 222 g/mol. The molecule has 0 aromatic heterocycles. The topological polar surface area (TPSA) is 0 Å². The maximum atomic E-state index is 4.92. The van der Waals surface area contributed by atoms with Gasteiger partial charge in [-0.2, -0.15) is 12.6 Å². The van der Waals surface area contributed by atoms with Crippen LogP contribution in [-0.2, 0) is 4.75 Å². The molecule has 1 aromatic carbocycles. The van der Waals surface area contributed by atoms with E-state index in [9.17, 15) is 0 Å². The number of rotatable bonds is 6. The predicted molar refractivity (Wildman–Crippen MR) is 71.5 cm³/mol. The molecule has 0 N–H and O–H groups in total. The summed E-state index contributed by atoms with van der Waals surface area (Å²) in [6.07, 6.45) is 6.06. The third kappa shape index (κ3) is 3.57. The molecule has 84 valence electrons. The Morgan fingerprint density at radius 2 is 1.67 bits per heavy atom. The molecule has 0 nitrogen and oxygen atoms in total. The molecule has 1 aromatic rings. The minimum atomic E-state index is 0.0893. The zero-order valence-corrected chi connectivity index (χ0v) is 10.8. The fourth-order valence-electron chi connectivity index (χ4n) is 2.04. The summed E-state index contributed by atoms with van der Waals surface area (Å²) in [7, 11) is 0. The maximum Gasteiger partial charge on any atom is 0.0378 e. The Balaban J connectivity index is 2.80. The molecule has 0 bridgehead atoms. The Morgan fingerprint density at radius 3 is 2.20 bits per heavy atom. The van der Waals surface area contributed by atoms with Crippen molar-refractivity contribution in [3.63, 3.8) is 0 Å². The quantitative estimate of drug-likeness (QED) is 0.657. The predicted octanol–water partition coefficient (Wildman–Crippen LogP) is 4.80. The van der Waals surface area contributed by atoms with Crippen molar-refractivity contribution in [1.29, 1.82) is 0 Å². The van der Waals surface area contributed by atoms with E-state index >= 15 is 0 Å². The first kappa shape index (κ1) is 12.6. The first-order valence-electron chi connectivity index (χ1n) is 6.01. The van der Waals surface area contributed by atoms with Gasteiger partial charge >= 0.3 is 0 Å². The van der Waals surface area contributed by atoms with Crippen molar-refractivity contribution < 1.29 is 0 Å². The van der Waals surface area contributed by atoms with Crippen molar-refractivity contribution in [1.82, 2.24) is 0 Å². The van der Waals surface area contributed by atoms with Crippen molar-refractivity contribution in [2.75, 3.05) is 0 Å². The van der Waals surface area contributed by atoms with Crippen molar-refractivity contribution in [3.8, 4) is 0 Å². The number of hydrogen-bond donors (Lipinski definition) is 1. The SMILES string of the molecule is CCCCC(S)(CCC)c1ccccc1. The Morgan fingerprint density at radius 1 is 1.00 bits per heavy atom. The molecule has 0 aliphatic rings. The highest BCUT2D eigenvalue weighted by Crippen LogP contribution is 2.38. The van der Waals surface area contributed by atoms with E-state index in [-0.39, 0.29) is 4.75 Å². The molecule has 0 saturated heterocycles. The summed E-state index contributed by atoms with van der Waals surface area (Å²) in [6.45, 7) is 4.48. The molecule has 1 atom stereocenters. The van der Waals surface area contributed by atoms with Crippen LogP contribution in [0.1, 0.15) is 51.5 Å². The Hall–Kier alpha value is -0.430. The second-order valence-corrected chi connectivity index (χ2v) is 5.11. The van der Waals surface area contributed by atoms with Crippen LogP contribution in [0.4, 0.5) is 0 Å². The van der Waals surface area contributed by atoms with E-state index in [1.165, 1.54) is 37.7 Å². The minimum Gasteiger partial charge on any atom is -0.168 e. The molecular weight excluding hydrogens is 200 g/mol. The minimum absolute atomic E-state index is 0.0893. The van der Waals surface area contributed by atoms with Gasteiger partial charge < -0.3 is 0 Å². The van der Waals surface area contributed by atoms with Gasteiger partial charge in [0.2, 0.25) is 0 Å². The third-order valence-corrected chi connectivity index (χ3v) is 3.62. The summed E-state index contributed by atoms with van der Waals surface area (Å²) in [5.41, 5.74) is 1.38. The molecule has 0 spiro atoms. The lowest BCUT2D eigenvalue weighted by atomic mass is 9.88. The highest BCUT2D eigenvalue weighted by molar-refractivity contribution is 7.81. The third-order valence-electron chi connectivity index (χ3n) is 2.92. The van der Waals surface area contributed by atoms with Gasteiger partial charge in [0.15, 0.2) is 0 Å². The van der Waals surface area contributed by atoms with Crippen LogP contribution in [0.2, 0.25) is 0 Å². The molecule has 1 unspecified atom stereocenters. The molecule has 0 aliphatic carbocycles. The summed E-state index contributed by atoms with van der Waals surface area (Å²) in [5.74, 6) is 0. The zero-order valence-electron chi connectivity index (χ0n) is 9.87. The summed E-state index contributed by atoms with van der Waals surface area (Å²) >= 11 is 4.92. The Kier molecular flexibility index (Phi) is 5.24. The molecule has 1 heteroatoms. The second kappa shape index (κ2) is 6.22. The van der Waals surface area contributed by atoms with Crippen molar-refractivity contribution in [2.24, 2.45) is 0 Å². The van der Waals surface area contributed by atoms with E-state index in [0.717, 1.165) is 0 Å². The second-order valence-electron chi connectivity index (χ2n) is 4.25. The van der Waals surface area contributed by atoms with Crippen LogP contribution in [0.15, 0.2) is 30.3 Å². The van der Waals surface area contributed by atoms with Gasteiger partial charge in [0.05, 0.1) is 0 Å². The van der Waals surface area contributed by atoms with E-state index in [1.54, 1.807) is 0 Å². The van der Waals surface area contributed by atoms with Crippen molar-refractivity contribution in [2.45, 2.75) is 50.7 Å². The lowest BCUT2D eigenvalue weighted by molar-refractivity contribution is 0.498. The van der Waals surface area contributed by atoms with E-state index in [1.807, 2.05) is 0 Å². The van der Waals surface area contributed by atoms with Crippen molar-refractivity contribution >= 4 is 12.6 Å². The van der Waals surface area contributed by atoms with Gasteiger partial charge in [0.1, 0.15) is 0 Å². The number of benzene rings is 1. The van der Waals surface area contributed by atoms with Gasteiger partial charge in [0, 0.05) is 4.75 Å². The van der Waals surface area contributed by atoms with Gasteiger partial charge in [-0.1, -0.05) is 63.4 Å². The van der Waals surface area contributed by atoms with Crippen LogP contribution in [0.25, 0.3) is 0 Å². The molecule has 0 saturated carbocycles. The van der Waals surface area contributed by atoms with Gasteiger partial charge in [0.25, 0.3) is 0 Å². The van der Waals surface area contributed by atoms with Gasteiger partial charge in [-0.15, -0.1) is 0 Å². The molecular formula is C14H22S. The van der Waals surface area contributed by atoms with Crippen LogP contribution in [0, 0.1) is 0 Å². The maximum absolute atomic E-state index is 4.92. The number of hydrogen-bond acceptors (Lipinski definition) is 1. The molecule has 0 fully saturated rings. The van der Waals surface area contributed by atoms with Crippen LogP contribution in [-0.4, -0.2) is 0 Å². The van der Waals surface area contributed by atoms with Crippen LogP contribution in [0.3, 0.4) is 0 Å². The fraction of sp³-hybridized carbons (Fsp3) is 0.571. The lowest BCUT2D eigenvalue weighted by Crippen LogP contribution is -2.18. The largest absolute Gasteiger partial charge is 0.168 e. The van der Waals surface area contributed by atoms with Gasteiger partial charge in [-0.25, -0.2) is 0 Å². The van der Waals surface area contributed by atoms with E-state index in [2.05, 4.69) is 44.2 Å². The summed E-state index contributed by atoms with van der Waals surface area (Å²) in [6, 6.07) is 10.7. The normalized spacial score (nSPS) is 14.9. The first-order chi connectivity index (χ1) is 7.23. The molecule has 15 heavy (non-hydrogen) atoms. The molecule has 1 rings (SSSR count). The fourth-order valence-corrected chi connectivity index (χ4v) is 2.58. The zero-order chi connectivity index (χ0) is 11.1. The molecule has 0 aliphatic heterocycles. The standard InChI is InChI=1S/C14H22S/c1-3-5-12-14(15,11-4-2)13-9-7-6-8-10-13/h6-10,15H,3-5,11-12H2,1-2H3. The summed E-state index contributed by atoms with van der Waals surface area (Å²) < 4.78 is 0.0893. The van der Waals surface area contributed by atoms with Crippen LogP contribution >= 0.6 is 12.6 Å². The lowest BCUT2D eigenvalue weighted by Gasteiger charge is -2.29. The highest BCUT2D eigenvalue weighted by atomic mass is 32.1. The van der Waals surface area contributed by atoms with E-state index < -0.39 is 0 Å². The van der Waals surface area contributed by atoms with E-state index in [0.29, 0.717) is 0 Å². The average molecular weight is 222 g/mol. The number of thiol groups is 1.